The molecule has 0 heterocycles. The predicted octanol–water partition coefficient (Wildman–Crippen LogP) is 2.10. The van der Waals surface area contributed by atoms with Gasteiger partial charge in [-0.25, -0.2) is 0 Å². The molecule has 0 bridgehead atoms. The molecular formula is C12H19ClN2O2. The van der Waals surface area contributed by atoms with Crippen LogP contribution in [0.4, 0.5) is 5.69 Å². The van der Waals surface area contributed by atoms with Gasteiger partial charge >= 0.3 is 0 Å². The summed E-state index contributed by atoms with van der Waals surface area (Å²) in [5, 5.41) is 2.75. The molecule has 3 N–H and O–H groups in total. The SMILES string of the molecule is COC(C)C(=O)Nc1ccc(C(C)N)cc1.Cl. The van der Waals surface area contributed by atoms with E-state index < -0.39 is 6.10 Å². The van der Waals surface area contributed by atoms with Gasteiger partial charge in [-0.15, -0.1) is 12.4 Å². The van der Waals surface area contributed by atoms with Gasteiger partial charge in [0.25, 0.3) is 5.91 Å². The zero-order chi connectivity index (χ0) is 12.1. The first kappa shape index (κ1) is 15.9. The molecule has 0 radical (unpaired) electrons. The molecule has 0 fully saturated rings. The molecule has 0 aliphatic carbocycles. The molecule has 4 nitrogen and oxygen atoms in total. The number of hydrogen-bond donors (Lipinski definition) is 2. The van der Waals surface area contributed by atoms with E-state index >= 15 is 0 Å². The molecule has 0 aliphatic rings. The number of carbonyl (C=O) groups is 1. The van der Waals surface area contributed by atoms with Crippen LogP contribution in [0.2, 0.25) is 0 Å². The van der Waals surface area contributed by atoms with E-state index in [4.69, 9.17) is 10.5 Å². The van der Waals surface area contributed by atoms with E-state index in [-0.39, 0.29) is 24.4 Å². The van der Waals surface area contributed by atoms with Gasteiger partial charge in [0.15, 0.2) is 0 Å². The monoisotopic (exact) mass is 258 g/mol. The highest BCUT2D eigenvalue weighted by Crippen LogP contribution is 2.14. The van der Waals surface area contributed by atoms with Gasteiger partial charge in [-0.2, -0.15) is 0 Å². The number of halogens is 1. The second kappa shape index (κ2) is 7.27. The maximum atomic E-state index is 11.5. The predicted molar refractivity (Wildman–Crippen MR) is 71.4 cm³/mol. The minimum absolute atomic E-state index is 0. The first-order valence-electron chi connectivity index (χ1n) is 5.23. The van der Waals surface area contributed by atoms with Gasteiger partial charge in [-0.05, 0) is 31.5 Å². The average molecular weight is 259 g/mol. The molecule has 0 saturated heterocycles. The number of benzene rings is 1. The van der Waals surface area contributed by atoms with E-state index in [1.165, 1.54) is 7.11 Å². The van der Waals surface area contributed by atoms with Gasteiger partial charge in [0.2, 0.25) is 0 Å². The molecular weight excluding hydrogens is 240 g/mol. The molecule has 17 heavy (non-hydrogen) atoms. The molecule has 5 heteroatoms. The standard InChI is InChI=1S/C12H18N2O2.ClH/c1-8(13)10-4-6-11(7-5-10)14-12(15)9(2)16-3;/h4-9H,13H2,1-3H3,(H,14,15);1H. The van der Waals surface area contributed by atoms with E-state index in [1.54, 1.807) is 6.92 Å². The zero-order valence-electron chi connectivity index (χ0n) is 10.3. The van der Waals surface area contributed by atoms with Crippen LogP contribution in [0, 0.1) is 0 Å². The van der Waals surface area contributed by atoms with Gasteiger partial charge in [-0.1, -0.05) is 12.1 Å². The lowest BCUT2D eigenvalue weighted by Gasteiger charge is -2.11. The Morgan fingerprint density at radius 3 is 2.24 bits per heavy atom. The Kier molecular flexibility index (Phi) is 6.80. The fourth-order valence-corrected chi connectivity index (χ4v) is 1.22. The lowest BCUT2D eigenvalue weighted by molar-refractivity contribution is -0.124. The van der Waals surface area contributed by atoms with Crippen molar-refractivity contribution in [2.24, 2.45) is 5.73 Å². The number of anilines is 1. The second-order valence-corrected chi connectivity index (χ2v) is 3.78. The Balaban J connectivity index is 0.00000256. The molecule has 1 aromatic rings. The molecule has 1 amide bonds. The minimum atomic E-state index is -0.451. The van der Waals surface area contributed by atoms with E-state index in [2.05, 4.69) is 5.32 Å². The summed E-state index contributed by atoms with van der Waals surface area (Å²) >= 11 is 0. The first-order valence-corrected chi connectivity index (χ1v) is 5.23. The minimum Gasteiger partial charge on any atom is -0.372 e. The lowest BCUT2D eigenvalue weighted by atomic mass is 10.1. The second-order valence-electron chi connectivity index (χ2n) is 3.78. The third-order valence-electron chi connectivity index (χ3n) is 2.43. The molecule has 0 saturated carbocycles. The van der Waals surface area contributed by atoms with Gasteiger partial charge in [-0.3, -0.25) is 4.79 Å². The molecule has 0 spiro atoms. The van der Waals surface area contributed by atoms with Crippen LogP contribution in [0.1, 0.15) is 25.5 Å². The summed E-state index contributed by atoms with van der Waals surface area (Å²) in [6.07, 6.45) is -0.451. The summed E-state index contributed by atoms with van der Waals surface area (Å²) < 4.78 is 4.91. The zero-order valence-corrected chi connectivity index (χ0v) is 11.1. The van der Waals surface area contributed by atoms with Crippen LogP contribution in [-0.2, 0) is 9.53 Å². The highest BCUT2D eigenvalue weighted by atomic mass is 35.5. The number of methoxy groups -OCH3 is 1. The molecule has 96 valence electrons. The van der Waals surface area contributed by atoms with Crippen LogP contribution in [0.3, 0.4) is 0 Å². The summed E-state index contributed by atoms with van der Waals surface area (Å²) in [6.45, 7) is 3.62. The summed E-state index contributed by atoms with van der Waals surface area (Å²) in [4.78, 5) is 11.5. The number of nitrogens with two attached hydrogens (primary N) is 1. The van der Waals surface area contributed by atoms with Crippen molar-refractivity contribution in [1.29, 1.82) is 0 Å². The maximum Gasteiger partial charge on any atom is 0.253 e. The quantitative estimate of drug-likeness (QED) is 0.869. The normalized spacial score (nSPS) is 13.4. The van der Waals surface area contributed by atoms with Crippen molar-refractivity contribution in [2.75, 3.05) is 12.4 Å². The van der Waals surface area contributed by atoms with Crippen LogP contribution in [-0.4, -0.2) is 19.1 Å². The third-order valence-corrected chi connectivity index (χ3v) is 2.43. The van der Waals surface area contributed by atoms with Crippen molar-refractivity contribution in [3.05, 3.63) is 29.8 Å². The van der Waals surface area contributed by atoms with Crippen LogP contribution < -0.4 is 11.1 Å². The number of hydrogen-bond acceptors (Lipinski definition) is 3. The Hall–Kier alpha value is -1.10. The van der Waals surface area contributed by atoms with E-state index in [0.29, 0.717) is 0 Å². The number of carbonyl (C=O) groups excluding carboxylic acids is 1. The summed E-state index contributed by atoms with van der Waals surface area (Å²) in [6, 6.07) is 7.47. The van der Waals surface area contributed by atoms with E-state index in [1.807, 2.05) is 31.2 Å². The summed E-state index contributed by atoms with van der Waals surface area (Å²) in [5.74, 6) is -0.156. The Bertz CT molecular complexity index is 352. The van der Waals surface area contributed by atoms with Crippen molar-refractivity contribution in [3.8, 4) is 0 Å². The van der Waals surface area contributed by atoms with Crippen molar-refractivity contribution < 1.29 is 9.53 Å². The number of amides is 1. The van der Waals surface area contributed by atoms with Crippen LogP contribution in [0.15, 0.2) is 24.3 Å². The van der Waals surface area contributed by atoms with Crippen LogP contribution in [0.25, 0.3) is 0 Å². The Morgan fingerprint density at radius 1 is 1.29 bits per heavy atom. The smallest absolute Gasteiger partial charge is 0.253 e. The molecule has 0 aliphatic heterocycles. The molecule has 1 rings (SSSR count). The molecule has 2 atom stereocenters. The first-order chi connectivity index (χ1) is 7.54. The summed E-state index contributed by atoms with van der Waals surface area (Å²) in [7, 11) is 1.50. The topological polar surface area (TPSA) is 64.3 Å². The molecule has 0 aromatic heterocycles. The fraction of sp³-hybridized carbons (Fsp3) is 0.417. The largest absolute Gasteiger partial charge is 0.372 e. The van der Waals surface area contributed by atoms with Gasteiger partial charge in [0.1, 0.15) is 6.10 Å². The van der Waals surface area contributed by atoms with Crippen molar-refractivity contribution in [1.82, 2.24) is 0 Å². The van der Waals surface area contributed by atoms with Crippen molar-refractivity contribution in [2.45, 2.75) is 26.0 Å². The van der Waals surface area contributed by atoms with Crippen molar-refractivity contribution >= 4 is 24.0 Å². The Morgan fingerprint density at radius 2 is 1.82 bits per heavy atom. The molecule has 1 aromatic carbocycles. The maximum absolute atomic E-state index is 11.5. The average Bonchev–Trinajstić information content (AvgIpc) is 2.28. The number of nitrogens with one attached hydrogen (secondary N) is 1. The van der Waals surface area contributed by atoms with Gasteiger partial charge in [0, 0.05) is 18.8 Å². The Labute approximate surface area is 108 Å². The molecule has 2 unspecified atom stereocenters. The summed E-state index contributed by atoms with van der Waals surface area (Å²) in [5.41, 5.74) is 7.52. The van der Waals surface area contributed by atoms with Gasteiger partial charge < -0.3 is 15.8 Å². The lowest BCUT2D eigenvalue weighted by Crippen LogP contribution is -2.26. The van der Waals surface area contributed by atoms with E-state index in [0.717, 1.165) is 11.3 Å². The van der Waals surface area contributed by atoms with E-state index in [9.17, 15) is 4.79 Å². The number of ether oxygens (including phenoxy) is 1. The van der Waals surface area contributed by atoms with Crippen LogP contribution >= 0.6 is 12.4 Å². The van der Waals surface area contributed by atoms with Gasteiger partial charge in [0.05, 0.1) is 0 Å². The fourth-order valence-electron chi connectivity index (χ4n) is 1.22. The highest BCUT2D eigenvalue weighted by molar-refractivity contribution is 5.93. The highest BCUT2D eigenvalue weighted by Gasteiger charge is 2.11. The van der Waals surface area contributed by atoms with Crippen LogP contribution in [0.5, 0.6) is 0 Å². The number of rotatable bonds is 4. The third kappa shape index (κ3) is 4.73. The van der Waals surface area contributed by atoms with Crippen molar-refractivity contribution in [3.63, 3.8) is 0 Å².